The number of nitrogens with one attached hydrogen (secondary N) is 1. The lowest BCUT2D eigenvalue weighted by molar-refractivity contribution is -0.117. The number of amides is 1. The van der Waals surface area contributed by atoms with E-state index in [1.807, 2.05) is 0 Å². The zero-order valence-electron chi connectivity index (χ0n) is 13.7. The lowest BCUT2D eigenvalue weighted by atomic mass is 10.3. The van der Waals surface area contributed by atoms with Crippen LogP contribution in [0.25, 0.3) is 0 Å². The summed E-state index contributed by atoms with van der Waals surface area (Å²) in [6, 6.07) is 15.2. The van der Waals surface area contributed by atoms with Crippen molar-refractivity contribution in [2.24, 2.45) is 0 Å². The smallest absolute Gasteiger partial charge is 0.310 e. The second kappa shape index (κ2) is 8.84. The van der Waals surface area contributed by atoms with E-state index in [1.54, 1.807) is 66.5 Å². The molecular formula is C17H19ClN2O4S. The van der Waals surface area contributed by atoms with E-state index < -0.39 is 10.1 Å². The lowest BCUT2D eigenvalue weighted by Gasteiger charge is -2.16. The highest BCUT2D eigenvalue weighted by molar-refractivity contribution is 7.87. The predicted octanol–water partition coefficient (Wildman–Crippen LogP) is 2.62. The molecule has 0 saturated heterocycles. The average Bonchev–Trinajstić information content (AvgIpc) is 2.56. The summed E-state index contributed by atoms with van der Waals surface area (Å²) in [4.78, 5) is 13.6. The maximum Gasteiger partial charge on any atom is 0.310 e. The summed E-state index contributed by atoms with van der Waals surface area (Å²) in [7, 11) is -2.07. The van der Waals surface area contributed by atoms with Gasteiger partial charge in [-0.3, -0.25) is 9.69 Å². The standard InChI is InChI=1S/C17H19ClN2O4S/c1-20(13-17(21)19-16-10-6-5-9-15(16)18)11-12-25(22,23)24-14-7-3-2-4-8-14/h2-10H,11-13H2,1H3,(H,19,21). The summed E-state index contributed by atoms with van der Waals surface area (Å²) in [5.74, 6) is -0.240. The van der Waals surface area contributed by atoms with Gasteiger partial charge in [-0.05, 0) is 31.3 Å². The third-order valence-electron chi connectivity index (χ3n) is 3.25. The quantitative estimate of drug-likeness (QED) is 0.710. The molecule has 134 valence electrons. The Kier molecular flexibility index (Phi) is 6.81. The van der Waals surface area contributed by atoms with Gasteiger partial charge in [0.15, 0.2) is 0 Å². The minimum absolute atomic E-state index is 0.0338. The molecule has 6 nitrogen and oxygen atoms in total. The van der Waals surface area contributed by atoms with E-state index in [4.69, 9.17) is 15.8 Å². The number of nitrogens with zero attached hydrogens (tertiary/aromatic N) is 1. The van der Waals surface area contributed by atoms with Crippen molar-refractivity contribution in [2.75, 3.05) is 31.2 Å². The van der Waals surface area contributed by atoms with Gasteiger partial charge < -0.3 is 9.50 Å². The van der Waals surface area contributed by atoms with Crippen molar-refractivity contribution < 1.29 is 17.4 Å². The molecule has 0 spiro atoms. The van der Waals surface area contributed by atoms with Crippen LogP contribution in [0.4, 0.5) is 5.69 Å². The number of rotatable bonds is 8. The number of benzene rings is 2. The molecule has 0 aromatic heterocycles. The Morgan fingerprint density at radius 1 is 1.12 bits per heavy atom. The van der Waals surface area contributed by atoms with Gasteiger partial charge in [-0.25, -0.2) is 0 Å². The highest BCUT2D eigenvalue weighted by Crippen LogP contribution is 2.20. The number of hydrogen-bond acceptors (Lipinski definition) is 5. The average molecular weight is 383 g/mol. The molecule has 8 heteroatoms. The van der Waals surface area contributed by atoms with Crippen LogP contribution < -0.4 is 9.50 Å². The van der Waals surface area contributed by atoms with Gasteiger partial charge in [0.25, 0.3) is 0 Å². The van der Waals surface area contributed by atoms with Crippen molar-refractivity contribution in [3.8, 4) is 5.75 Å². The largest absolute Gasteiger partial charge is 0.382 e. The fourth-order valence-corrected chi connectivity index (χ4v) is 3.21. The SMILES string of the molecule is CN(CCS(=O)(=O)Oc1ccccc1)CC(=O)Nc1ccccc1Cl. The number of likely N-dealkylation sites (N-methyl/N-ethyl adjacent to an activating group) is 1. The predicted molar refractivity (Wildman–Crippen MR) is 98.4 cm³/mol. The summed E-state index contributed by atoms with van der Waals surface area (Å²) < 4.78 is 28.9. The van der Waals surface area contributed by atoms with Gasteiger partial charge in [0.2, 0.25) is 5.91 Å². The topological polar surface area (TPSA) is 75.7 Å². The summed E-state index contributed by atoms with van der Waals surface area (Å²) in [6.07, 6.45) is 0. The summed E-state index contributed by atoms with van der Waals surface area (Å²) in [6.45, 7) is 0.192. The molecule has 0 aliphatic heterocycles. The Hall–Kier alpha value is -2.09. The van der Waals surface area contributed by atoms with E-state index in [-0.39, 0.29) is 30.5 Å². The minimum Gasteiger partial charge on any atom is -0.382 e. The van der Waals surface area contributed by atoms with E-state index in [1.165, 1.54) is 0 Å². The van der Waals surface area contributed by atoms with Crippen LogP contribution in [-0.2, 0) is 14.9 Å². The molecule has 0 bridgehead atoms. The summed E-state index contributed by atoms with van der Waals surface area (Å²) >= 11 is 5.98. The molecule has 1 amide bonds. The first-order valence-electron chi connectivity index (χ1n) is 7.56. The molecule has 0 fully saturated rings. The summed E-state index contributed by atoms with van der Waals surface area (Å²) in [5, 5.41) is 3.13. The van der Waals surface area contributed by atoms with Crippen molar-refractivity contribution >= 4 is 33.3 Å². The number of anilines is 1. The maximum absolute atomic E-state index is 12.0. The number of halogens is 1. The van der Waals surface area contributed by atoms with Crippen LogP contribution in [0.5, 0.6) is 5.75 Å². The van der Waals surface area contributed by atoms with Crippen molar-refractivity contribution in [2.45, 2.75) is 0 Å². The maximum atomic E-state index is 12.0. The first-order chi connectivity index (χ1) is 11.9. The molecular weight excluding hydrogens is 364 g/mol. The number of carbonyl (C=O) groups is 1. The molecule has 2 rings (SSSR count). The zero-order chi connectivity index (χ0) is 18.3. The van der Waals surface area contributed by atoms with E-state index in [0.29, 0.717) is 10.7 Å². The zero-order valence-corrected chi connectivity index (χ0v) is 15.3. The Balaban J connectivity index is 1.80. The van der Waals surface area contributed by atoms with Crippen molar-refractivity contribution in [3.63, 3.8) is 0 Å². The Morgan fingerprint density at radius 2 is 1.76 bits per heavy atom. The van der Waals surface area contributed by atoms with Crippen LogP contribution in [0.2, 0.25) is 5.02 Å². The van der Waals surface area contributed by atoms with Crippen LogP contribution in [0.1, 0.15) is 0 Å². The second-order valence-electron chi connectivity index (χ2n) is 5.42. The molecule has 0 radical (unpaired) electrons. The fraction of sp³-hybridized carbons (Fsp3) is 0.235. The molecule has 0 unspecified atom stereocenters. The lowest BCUT2D eigenvalue weighted by Crippen LogP contribution is -2.34. The number of hydrogen-bond donors (Lipinski definition) is 1. The monoisotopic (exact) mass is 382 g/mol. The van der Waals surface area contributed by atoms with Gasteiger partial charge >= 0.3 is 10.1 Å². The third-order valence-corrected chi connectivity index (χ3v) is 4.71. The van der Waals surface area contributed by atoms with Crippen LogP contribution in [0.3, 0.4) is 0 Å². The molecule has 2 aromatic carbocycles. The van der Waals surface area contributed by atoms with Crippen LogP contribution in [-0.4, -0.2) is 45.1 Å². The highest BCUT2D eigenvalue weighted by atomic mass is 35.5. The van der Waals surface area contributed by atoms with Gasteiger partial charge in [-0.15, -0.1) is 0 Å². The van der Waals surface area contributed by atoms with Gasteiger partial charge in [0.05, 0.1) is 23.0 Å². The molecule has 0 atom stereocenters. The molecule has 25 heavy (non-hydrogen) atoms. The summed E-state index contributed by atoms with van der Waals surface area (Å²) in [5.41, 5.74) is 0.516. The van der Waals surface area contributed by atoms with E-state index in [0.717, 1.165) is 0 Å². The molecule has 0 aliphatic rings. The normalized spacial score (nSPS) is 11.3. The Bertz CT molecular complexity index is 812. The van der Waals surface area contributed by atoms with Gasteiger partial charge in [0, 0.05) is 6.54 Å². The minimum atomic E-state index is -3.73. The fourth-order valence-electron chi connectivity index (χ4n) is 2.01. The van der Waals surface area contributed by atoms with Crippen LogP contribution in [0, 0.1) is 0 Å². The van der Waals surface area contributed by atoms with Crippen LogP contribution in [0.15, 0.2) is 54.6 Å². The van der Waals surface area contributed by atoms with Crippen molar-refractivity contribution in [1.29, 1.82) is 0 Å². The van der Waals surface area contributed by atoms with Gasteiger partial charge in [-0.2, -0.15) is 8.42 Å². The molecule has 0 aliphatic carbocycles. The van der Waals surface area contributed by atoms with E-state index >= 15 is 0 Å². The van der Waals surface area contributed by atoms with Crippen LogP contribution >= 0.6 is 11.6 Å². The van der Waals surface area contributed by atoms with Gasteiger partial charge in [0.1, 0.15) is 5.75 Å². The number of carbonyl (C=O) groups excluding carboxylic acids is 1. The van der Waals surface area contributed by atoms with E-state index in [9.17, 15) is 13.2 Å². The number of para-hydroxylation sites is 2. The Labute approximate surface area is 152 Å². The first kappa shape index (κ1) is 19.2. The Morgan fingerprint density at radius 3 is 2.44 bits per heavy atom. The molecule has 1 N–H and O–H groups in total. The van der Waals surface area contributed by atoms with E-state index in [2.05, 4.69) is 5.32 Å². The molecule has 2 aromatic rings. The van der Waals surface area contributed by atoms with Crippen molar-refractivity contribution in [3.05, 3.63) is 59.6 Å². The highest BCUT2D eigenvalue weighted by Gasteiger charge is 2.16. The van der Waals surface area contributed by atoms with Gasteiger partial charge in [-0.1, -0.05) is 41.9 Å². The second-order valence-corrected chi connectivity index (χ2v) is 7.52. The van der Waals surface area contributed by atoms with Crippen molar-refractivity contribution in [1.82, 2.24) is 4.90 Å². The molecule has 0 saturated carbocycles. The molecule has 0 heterocycles. The third kappa shape index (κ3) is 6.74. The first-order valence-corrected chi connectivity index (χ1v) is 9.51.